The van der Waals surface area contributed by atoms with E-state index in [0.29, 0.717) is 17.1 Å². The highest BCUT2D eigenvalue weighted by atomic mass is 19.1. The van der Waals surface area contributed by atoms with E-state index in [9.17, 15) is 9.65 Å². The number of benzene rings is 3. The smallest absolute Gasteiger partial charge is 0.166 e. The summed E-state index contributed by atoms with van der Waals surface area (Å²) in [7, 11) is 0. The topological polar surface area (TPSA) is 57.9 Å². The Balaban J connectivity index is 1.51. The van der Waals surface area contributed by atoms with Crippen LogP contribution >= 0.6 is 0 Å². The summed E-state index contributed by atoms with van der Waals surface area (Å²) in [5.74, 6) is 0.969. The number of pyridine rings is 1. The van der Waals surface area contributed by atoms with Crippen LogP contribution in [-0.4, -0.2) is 4.98 Å². The first-order chi connectivity index (χ1) is 15.1. The Morgan fingerprint density at radius 1 is 0.968 bits per heavy atom. The maximum absolute atomic E-state index is 14.6. The fourth-order valence-corrected chi connectivity index (χ4v) is 3.30. The van der Waals surface area contributed by atoms with Gasteiger partial charge in [0, 0.05) is 6.20 Å². The predicted octanol–water partition coefficient (Wildman–Crippen LogP) is 6.72. The van der Waals surface area contributed by atoms with Crippen molar-refractivity contribution in [2.24, 2.45) is 0 Å². The van der Waals surface area contributed by atoms with E-state index < -0.39 is 5.82 Å². The molecule has 0 aliphatic rings. The molecule has 0 saturated carbocycles. The van der Waals surface area contributed by atoms with Gasteiger partial charge in [0.25, 0.3) is 0 Å². The van der Waals surface area contributed by atoms with Crippen LogP contribution in [0, 0.1) is 17.1 Å². The number of nitriles is 1. The van der Waals surface area contributed by atoms with Crippen LogP contribution < -0.4 is 10.1 Å². The molecule has 0 radical (unpaired) electrons. The van der Waals surface area contributed by atoms with Crippen molar-refractivity contribution in [3.05, 3.63) is 108 Å². The van der Waals surface area contributed by atoms with Crippen molar-refractivity contribution in [2.45, 2.75) is 13.0 Å². The zero-order chi connectivity index (χ0) is 21.6. The van der Waals surface area contributed by atoms with Crippen LogP contribution in [0.1, 0.15) is 24.1 Å². The van der Waals surface area contributed by atoms with Crippen LogP contribution in [0.3, 0.4) is 0 Å². The highest BCUT2D eigenvalue weighted by Crippen LogP contribution is 2.29. The molecule has 4 nitrogen and oxygen atoms in total. The second-order valence-electron chi connectivity index (χ2n) is 7.06. The number of ether oxygens (including phenoxy) is 1. The quantitative estimate of drug-likeness (QED) is 0.384. The average Bonchev–Trinajstić information content (AvgIpc) is 2.81. The second kappa shape index (κ2) is 9.10. The van der Waals surface area contributed by atoms with Crippen molar-refractivity contribution < 1.29 is 9.13 Å². The third-order valence-corrected chi connectivity index (χ3v) is 4.91. The van der Waals surface area contributed by atoms with Crippen LogP contribution in [0.2, 0.25) is 0 Å². The first-order valence-electron chi connectivity index (χ1n) is 9.88. The lowest BCUT2D eigenvalue weighted by molar-refractivity contribution is 0.441. The minimum absolute atomic E-state index is 0.176. The van der Waals surface area contributed by atoms with Gasteiger partial charge < -0.3 is 10.1 Å². The van der Waals surface area contributed by atoms with Crippen molar-refractivity contribution in [1.29, 1.82) is 5.26 Å². The van der Waals surface area contributed by atoms with Gasteiger partial charge in [-0.3, -0.25) is 0 Å². The molecule has 1 aromatic heterocycles. The normalized spacial score (nSPS) is 11.4. The fourth-order valence-electron chi connectivity index (χ4n) is 3.30. The molecule has 1 heterocycles. The van der Waals surface area contributed by atoms with Gasteiger partial charge in [0.1, 0.15) is 11.6 Å². The van der Waals surface area contributed by atoms with Crippen molar-refractivity contribution >= 4 is 5.82 Å². The summed E-state index contributed by atoms with van der Waals surface area (Å²) in [4.78, 5) is 4.37. The summed E-state index contributed by atoms with van der Waals surface area (Å²) in [6.45, 7) is 1.93. The molecule has 0 amide bonds. The summed E-state index contributed by atoms with van der Waals surface area (Å²) in [6.07, 6.45) is 1.69. The molecule has 4 rings (SSSR count). The number of para-hydroxylation sites is 1. The van der Waals surface area contributed by atoms with E-state index in [4.69, 9.17) is 4.74 Å². The Morgan fingerprint density at radius 3 is 2.52 bits per heavy atom. The first kappa shape index (κ1) is 20.1. The van der Waals surface area contributed by atoms with E-state index in [0.717, 1.165) is 16.7 Å². The highest BCUT2D eigenvalue weighted by Gasteiger charge is 2.12. The first-order valence-corrected chi connectivity index (χ1v) is 9.88. The molecule has 31 heavy (non-hydrogen) atoms. The lowest BCUT2D eigenvalue weighted by atomic mass is 10.0. The number of aromatic nitrogens is 1. The average molecular weight is 409 g/mol. The SMILES string of the molecule is C[C@H](Nc1cc(-c2ccccc2C#N)ccn1)c1ccc(Oc2ccccc2)c(F)c1. The van der Waals surface area contributed by atoms with Crippen molar-refractivity contribution in [2.75, 3.05) is 5.32 Å². The zero-order valence-corrected chi connectivity index (χ0v) is 16.9. The molecule has 0 fully saturated rings. The van der Waals surface area contributed by atoms with Gasteiger partial charge in [0.2, 0.25) is 0 Å². The lowest BCUT2D eigenvalue weighted by Gasteiger charge is -2.17. The molecule has 3 aromatic carbocycles. The zero-order valence-electron chi connectivity index (χ0n) is 16.9. The van der Waals surface area contributed by atoms with Gasteiger partial charge in [0.15, 0.2) is 11.6 Å². The Morgan fingerprint density at radius 2 is 1.74 bits per heavy atom. The standard InChI is InChI=1S/C26H20FN3O/c1-18(19-11-12-25(24(27)15-19)31-22-8-3-2-4-9-22)30-26-16-20(13-14-29-26)23-10-6-5-7-21(23)17-28/h2-16,18H,1H3,(H,29,30)/t18-/m0/s1. The number of nitrogens with zero attached hydrogens (tertiary/aromatic N) is 2. The molecule has 4 aromatic rings. The molecular formula is C26H20FN3O. The Kier molecular flexibility index (Phi) is 5.91. The van der Waals surface area contributed by atoms with E-state index in [-0.39, 0.29) is 11.8 Å². The molecule has 0 saturated heterocycles. The van der Waals surface area contributed by atoms with Crippen LogP contribution in [0.25, 0.3) is 11.1 Å². The highest BCUT2D eigenvalue weighted by molar-refractivity contribution is 5.72. The minimum atomic E-state index is -0.431. The maximum atomic E-state index is 14.6. The fraction of sp³-hybridized carbons (Fsp3) is 0.0769. The summed E-state index contributed by atoms with van der Waals surface area (Å²) >= 11 is 0. The third-order valence-electron chi connectivity index (χ3n) is 4.91. The van der Waals surface area contributed by atoms with Gasteiger partial charge in [-0.25, -0.2) is 9.37 Å². The number of hydrogen-bond donors (Lipinski definition) is 1. The maximum Gasteiger partial charge on any atom is 0.166 e. The van der Waals surface area contributed by atoms with Crippen molar-refractivity contribution in [3.8, 4) is 28.7 Å². The van der Waals surface area contributed by atoms with Crippen LogP contribution in [0.5, 0.6) is 11.5 Å². The van der Waals surface area contributed by atoms with E-state index in [1.807, 2.05) is 61.5 Å². The minimum Gasteiger partial charge on any atom is -0.454 e. The molecule has 5 heteroatoms. The van der Waals surface area contributed by atoms with E-state index in [1.165, 1.54) is 6.07 Å². The van der Waals surface area contributed by atoms with E-state index in [2.05, 4.69) is 16.4 Å². The van der Waals surface area contributed by atoms with Crippen molar-refractivity contribution in [1.82, 2.24) is 4.98 Å². The summed E-state index contributed by atoms with van der Waals surface area (Å²) in [5.41, 5.74) is 3.10. The molecule has 0 bridgehead atoms. The molecule has 152 valence electrons. The molecule has 1 atom stereocenters. The molecule has 0 unspecified atom stereocenters. The van der Waals surface area contributed by atoms with Gasteiger partial charge >= 0.3 is 0 Å². The number of halogens is 1. The number of nitrogens with one attached hydrogen (secondary N) is 1. The van der Waals surface area contributed by atoms with E-state index >= 15 is 0 Å². The van der Waals surface area contributed by atoms with Gasteiger partial charge in [-0.05, 0) is 66.1 Å². The van der Waals surface area contributed by atoms with Gasteiger partial charge in [-0.1, -0.05) is 42.5 Å². The molecule has 0 spiro atoms. The summed E-state index contributed by atoms with van der Waals surface area (Å²) < 4.78 is 20.2. The van der Waals surface area contributed by atoms with Gasteiger partial charge in [0.05, 0.1) is 17.7 Å². The Bertz CT molecular complexity index is 1230. The largest absolute Gasteiger partial charge is 0.454 e. The lowest BCUT2D eigenvalue weighted by Crippen LogP contribution is -2.08. The van der Waals surface area contributed by atoms with Crippen molar-refractivity contribution in [3.63, 3.8) is 0 Å². The second-order valence-corrected chi connectivity index (χ2v) is 7.06. The molecule has 0 aliphatic heterocycles. The number of anilines is 1. The van der Waals surface area contributed by atoms with Gasteiger partial charge in [-0.15, -0.1) is 0 Å². The van der Waals surface area contributed by atoms with Crippen LogP contribution in [0.4, 0.5) is 10.2 Å². The van der Waals surface area contributed by atoms with E-state index in [1.54, 1.807) is 30.5 Å². The predicted molar refractivity (Wildman–Crippen MR) is 119 cm³/mol. The summed E-state index contributed by atoms with van der Waals surface area (Å²) in [5, 5.41) is 12.7. The third kappa shape index (κ3) is 4.71. The summed E-state index contributed by atoms with van der Waals surface area (Å²) in [6, 6.07) is 27.2. The molecule has 1 N–H and O–H groups in total. The van der Waals surface area contributed by atoms with Crippen LogP contribution in [0.15, 0.2) is 91.1 Å². The Labute approximate surface area is 180 Å². The van der Waals surface area contributed by atoms with Gasteiger partial charge in [-0.2, -0.15) is 5.26 Å². The Hall–Kier alpha value is -4.17. The molecular weight excluding hydrogens is 389 g/mol. The monoisotopic (exact) mass is 409 g/mol. The van der Waals surface area contributed by atoms with Crippen LogP contribution in [-0.2, 0) is 0 Å². The number of hydrogen-bond acceptors (Lipinski definition) is 4. The number of rotatable bonds is 6. The molecule has 0 aliphatic carbocycles.